The molecule has 3 rings (SSSR count). The van der Waals surface area contributed by atoms with Crippen LogP contribution < -0.4 is 9.47 Å². The molecule has 24 heavy (non-hydrogen) atoms. The molecule has 0 aliphatic rings. The molecule has 0 N–H and O–H groups in total. The van der Waals surface area contributed by atoms with Gasteiger partial charge in [0.2, 0.25) is 0 Å². The molecule has 0 unspecified atom stereocenters. The van der Waals surface area contributed by atoms with Crippen molar-refractivity contribution in [2.75, 3.05) is 20.3 Å². The average molecular weight is 322 g/mol. The number of ether oxygens (including phenoxy) is 3. The van der Waals surface area contributed by atoms with Crippen LogP contribution in [-0.2, 0) is 4.74 Å². The van der Waals surface area contributed by atoms with Gasteiger partial charge in [0, 0.05) is 0 Å². The third-order valence-corrected chi connectivity index (χ3v) is 3.63. The van der Waals surface area contributed by atoms with Gasteiger partial charge in [-0.3, -0.25) is 0 Å². The molecule has 0 spiro atoms. The normalized spacial score (nSPS) is 10.4. The van der Waals surface area contributed by atoms with Crippen molar-refractivity contribution in [3.05, 3.63) is 72.3 Å². The number of hydrogen-bond acceptors (Lipinski definition) is 4. The monoisotopic (exact) mass is 322 g/mol. The molecular weight excluding hydrogens is 304 g/mol. The minimum Gasteiger partial charge on any atom is -0.497 e. The van der Waals surface area contributed by atoms with Crippen molar-refractivity contribution >= 4 is 16.7 Å². The zero-order chi connectivity index (χ0) is 16.8. The third-order valence-electron chi connectivity index (χ3n) is 3.63. The van der Waals surface area contributed by atoms with Crippen molar-refractivity contribution in [1.29, 1.82) is 0 Å². The van der Waals surface area contributed by atoms with Crippen LogP contribution in [0.15, 0.2) is 66.7 Å². The van der Waals surface area contributed by atoms with Gasteiger partial charge in [0.05, 0.1) is 12.7 Å². The quantitative estimate of drug-likeness (QED) is 0.506. The Balaban J connectivity index is 1.51. The van der Waals surface area contributed by atoms with Gasteiger partial charge >= 0.3 is 5.97 Å². The van der Waals surface area contributed by atoms with E-state index in [2.05, 4.69) is 0 Å². The molecule has 4 heteroatoms. The maximum absolute atomic E-state index is 12.1. The van der Waals surface area contributed by atoms with E-state index in [4.69, 9.17) is 14.2 Å². The molecule has 0 amide bonds. The third kappa shape index (κ3) is 3.84. The Hall–Kier alpha value is -3.01. The first-order chi connectivity index (χ1) is 11.8. The van der Waals surface area contributed by atoms with Crippen LogP contribution in [0.5, 0.6) is 11.5 Å². The Labute approximate surface area is 140 Å². The van der Waals surface area contributed by atoms with Gasteiger partial charge in [-0.2, -0.15) is 0 Å². The summed E-state index contributed by atoms with van der Waals surface area (Å²) in [4.78, 5) is 12.1. The molecule has 0 fully saturated rings. The van der Waals surface area contributed by atoms with Crippen LogP contribution in [0.4, 0.5) is 0 Å². The highest BCUT2D eigenvalue weighted by Gasteiger charge is 2.07. The predicted octanol–water partition coefficient (Wildman–Crippen LogP) is 4.08. The second kappa shape index (κ2) is 7.51. The Bertz CT molecular complexity index is 824. The molecule has 0 aliphatic heterocycles. The standard InChI is InChI=1S/C20H18O4/c1-22-18-8-10-19(11-9-18)23-12-13-24-20(21)17-7-6-15-4-2-3-5-16(15)14-17/h2-11,14H,12-13H2,1H3. The van der Waals surface area contributed by atoms with Gasteiger partial charge in [0.25, 0.3) is 0 Å². The van der Waals surface area contributed by atoms with E-state index in [1.54, 1.807) is 13.2 Å². The molecule has 0 atom stereocenters. The fraction of sp³-hybridized carbons (Fsp3) is 0.150. The fourth-order valence-corrected chi connectivity index (χ4v) is 2.37. The summed E-state index contributed by atoms with van der Waals surface area (Å²) in [5.41, 5.74) is 0.540. The summed E-state index contributed by atoms with van der Waals surface area (Å²) in [5, 5.41) is 2.11. The molecule has 0 aliphatic carbocycles. The number of methoxy groups -OCH3 is 1. The topological polar surface area (TPSA) is 44.8 Å². The molecular formula is C20H18O4. The lowest BCUT2D eigenvalue weighted by Gasteiger charge is -2.08. The first-order valence-corrected chi connectivity index (χ1v) is 7.69. The van der Waals surface area contributed by atoms with Crippen LogP contribution >= 0.6 is 0 Å². The van der Waals surface area contributed by atoms with Crippen molar-refractivity contribution in [3.63, 3.8) is 0 Å². The molecule has 3 aromatic carbocycles. The number of hydrogen-bond donors (Lipinski definition) is 0. The maximum Gasteiger partial charge on any atom is 0.338 e. The van der Waals surface area contributed by atoms with E-state index in [0.29, 0.717) is 17.9 Å². The van der Waals surface area contributed by atoms with E-state index in [0.717, 1.165) is 16.5 Å². The Kier molecular flexibility index (Phi) is 4.96. The lowest BCUT2D eigenvalue weighted by atomic mass is 10.1. The van der Waals surface area contributed by atoms with Crippen LogP contribution in [-0.4, -0.2) is 26.3 Å². The lowest BCUT2D eigenvalue weighted by molar-refractivity contribution is 0.0450. The number of fused-ring (bicyclic) bond motifs is 1. The smallest absolute Gasteiger partial charge is 0.338 e. The molecule has 0 aromatic heterocycles. The summed E-state index contributed by atoms with van der Waals surface area (Å²) >= 11 is 0. The predicted molar refractivity (Wildman–Crippen MR) is 92.7 cm³/mol. The average Bonchev–Trinajstić information content (AvgIpc) is 2.65. The van der Waals surface area contributed by atoms with Crippen LogP contribution in [0, 0.1) is 0 Å². The van der Waals surface area contributed by atoms with Gasteiger partial charge < -0.3 is 14.2 Å². The number of esters is 1. The summed E-state index contributed by atoms with van der Waals surface area (Å²) in [5.74, 6) is 1.13. The first kappa shape index (κ1) is 15.9. The van der Waals surface area contributed by atoms with Crippen molar-refractivity contribution in [3.8, 4) is 11.5 Å². The number of carbonyl (C=O) groups is 1. The summed E-state index contributed by atoms with van der Waals surface area (Å²) in [6.07, 6.45) is 0. The zero-order valence-corrected chi connectivity index (χ0v) is 13.4. The van der Waals surface area contributed by atoms with Crippen molar-refractivity contribution in [2.24, 2.45) is 0 Å². The van der Waals surface area contributed by atoms with Crippen LogP contribution in [0.1, 0.15) is 10.4 Å². The summed E-state index contributed by atoms with van der Waals surface area (Å²) in [6, 6.07) is 20.7. The molecule has 122 valence electrons. The maximum atomic E-state index is 12.1. The van der Waals surface area contributed by atoms with Crippen molar-refractivity contribution in [2.45, 2.75) is 0 Å². The highest BCUT2D eigenvalue weighted by atomic mass is 16.6. The Morgan fingerprint density at radius 1 is 0.833 bits per heavy atom. The summed E-state index contributed by atoms with van der Waals surface area (Å²) in [6.45, 7) is 0.489. The lowest BCUT2D eigenvalue weighted by Crippen LogP contribution is -2.12. The zero-order valence-electron chi connectivity index (χ0n) is 13.4. The molecule has 0 saturated carbocycles. The number of benzene rings is 3. The molecule has 0 radical (unpaired) electrons. The van der Waals surface area contributed by atoms with Gasteiger partial charge in [0.15, 0.2) is 0 Å². The Morgan fingerprint density at radius 2 is 1.54 bits per heavy atom. The van der Waals surface area contributed by atoms with E-state index in [9.17, 15) is 4.79 Å². The SMILES string of the molecule is COc1ccc(OCCOC(=O)c2ccc3ccccc3c2)cc1. The second-order valence-electron chi connectivity index (χ2n) is 5.22. The minimum absolute atomic E-state index is 0.192. The summed E-state index contributed by atoms with van der Waals surface area (Å²) in [7, 11) is 1.61. The molecule has 0 saturated heterocycles. The van der Waals surface area contributed by atoms with Gasteiger partial charge in [-0.05, 0) is 47.2 Å². The molecule has 0 bridgehead atoms. The Morgan fingerprint density at radius 3 is 2.29 bits per heavy atom. The van der Waals surface area contributed by atoms with Gasteiger partial charge in [-0.25, -0.2) is 4.79 Å². The van der Waals surface area contributed by atoms with E-state index < -0.39 is 0 Å². The highest BCUT2D eigenvalue weighted by molar-refractivity contribution is 5.95. The molecule has 4 nitrogen and oxygen atoms in total. The van der Waals surface area contributed by atoms with E-state index >= 15 is 0 Å². The van der Waals surface area contributed by atoms with Crippen LogP contribution in [0.2, 0.25) is 0 Å². The second-order valence-corrected chi connectivity index (χ2v) is 5.22. The van der Waals surface area contributed by atoms with Gasteiger partial charge in [-0.15, -0.1) is 0 Å². The van der Waals surface area contributed by atoms with Crippen molar-refractivity contribution in [1.82, 2.24) is 0 Å². The van der Waals surface area contributed by atoms with Crippen molar-refractivity contribution < 1.29 is 19.0 Å². The van der Waals surface area contributed by atoms with Crippen LogP contribution in [0.25, 0.3) is 10.8 Å². The first-order valence-electron chi connectivity index (χ1n) is 7.69. The van der Waals surface area contributed by atoms with E-state index in [1.807, 2.05) is 60.7 Å². The fourth-order valence-electron chi connectivity index (χ4n) is 2.37. The number of carbonyl (C=O) groups excluding carboxylic acids is 1. The van der Waals surface area contributed by atoms with E-state index in [1.165, 1.54) is 0 Å². The van der Waals surface area contributed by atoms with E-state index in [-0.39, 0.29) is 12.6 Å². The minimum atomic E-state index is -0.348. The highest BCUT2D eigenvalue weighted by Crippen LogP contribution is 2.18. The number of rotatable bonds is 6. The van der Waals surface area contributed by atoms with Gasteiger partial charge in [-0.1, -0.05) is 30.3 Å². The summed E-state index contributed by atoms with van der Waals surface area (Å²) < 4.78 is 15.9. The van der Waals surface area contributed by atoms with Crippen LogP contribution in [0.3, 0.4) is 0 Å². The molecule has 3 aromatic rings. The van der Waals surface area contributed by atoms with Gasteiger partial charge in [0.1, 0.15) is 24.7 Å². The largest absolute Gasteiger partial charge is 0.497 e. The molecule has 0 heterocycles.